The molecule has 7 heteroatoms. The van der Waals surface area contributed by atoms with Crippen LogP contribution in [0.25, 0.3) is 10.9 Å². The van der Waals surface area contributed by atoms with Crippen LogP contribution >= 0.6 is 12.4 Å². The van der Waals surface area contributed by atoms with Gasteiger partial charge in [-0.3, -0.25) is 14.2 Å². The molecule has 2 fully saturated rings. The lowest BCUT2D eigenvalue weighted by molar-refractivity contribution is -0.137. The van der Waals surface area contributed by atoms with Crippen molar-refractivity contribution in [2.75, 3.05) is 13.1 Å². The van der Waals surface area contributed by atoms with Crippen molar-refractivity contribution in [1.29, 1.82) is 0 Å². The van der Waals surface area contributed by atoms with E-state index in [4.69, 9.17) is 0 Å². The summed E-state index contributed by atoms with van der Waals surface area (Å²) in [6, 6.07) is 7.33. The van der Waals surface area contributed by atoms with Crippen LogP contribution in [0.2, 0.25) is 0 Å². The van der Waals surface area contributed by atoms with E-state index in [0.29, 0.717) is 49.1 Å². The molecule has 4 rings (SSSR count). The van der Waals surface area contributed by atoms with E-state index in [9.17, 15) is 14.7 Å². The molecule has 2 aromatic rings. The molecule has 1 amide bonds. The molecule has 1 N–H and O–H groups in total. The Kier molecular flexibility index (Phi) is 5.58. The Labute approximate surface area is 164 Å². The summed E-state index contributed by atoms with van der Waals surface area (Å²) in [6.07, 6.45) is 3.61. The predicted molar refractivity (Wildman–Crippen MR) is 106 cm³/mol. The van der Waals surface area contributed by atoms with Crippen molar-refractivity contribution in [2.24, 2.45) is 5.92 Å². The maximum absolute atomic E-state index is 12.9. The van der Waals surface area contributed by atoms with E-state index < -0.39 is 5.60 Å². The SMILES string of the molecule is CCc1nc2ccccc2c(=O)n1CC1(O)CCN(C(=O)C2CC2)CC1.Cl. The molecule has 2 aliphatic rings. The van der Waals surface area contributed by atoms with E-state index in [-0.39, 0.29) is 36.3 Å². The number of fused-ring (bicyclic) bond motifs is 1. The second-order valence-electron chi connectivity index (χ2n) is 7.61. The number of carbonyl (C=O) groups is 1. The average Bonchev–Trinajstić information content (AvgIpc) is 3.49. The van der Waals surface area contributed by atoms with Crippen LogP contribution in [0.3, 0.4) is 0 Å². The Hall–Kier alpha value is -1.92. The molecule has 1 saturated carbocycles. The van der Waals surface area contributed by atoms with Gasteiger partial charge in [-0.2, -0.15) is 0 Å². The highest BCUT2D eigenvalue weighted by atomic mass is 35.5. The number of aliphatic hydroxyl groups is 1. The molecule has 0 atom stereocenters. The van der Waals surface area contributed by atoms with Gasteiger partial charge >= 0.3 is 0 Å². The summed E-state index contributed by atoms with van der Waals surface area (Å²) < 4.78 is 1.63. The molecule has 6 nitrogen and oxygen atoms in total. The minimum atomic E-state index is -0.974. The van der Waals surface area contributed by atoms with Crippen molar-refractivity contribution in [3.8, 4) is 0 Å². The number of aromatic nitrogens is 2. The van der Waals surface area contributed by atoms with E-state index in [1.807, 2.05) is 30.0 Å². The van der Waals surface area contributed by atoms with Gasteiger partial charge in [-0.15, -0.1) is 12.4 Å². The van der Waals surface area contributed by atoms with Crippen molar-refractivity contribution >= 4 is 29.2 Å². The van der Waals surface area contributed by atoms with Crippen LogP contribution in [0.4, 0.5) is 0 Å². The smallest absolute Gasteiger partial charge is 0.261 e. The van der Waals surface area contributed by atoms with Crippen LogP contribution in [0.5, 0.6) is 0 Å². The zero-order chi connectivity index (χ0) is 18.3. The fraction of sp³-hybridized carbons (Fsp3) is 0.550. The van der Waals surface area contributed by atoms with Gasteiger partial charge in [0.1, 0.15) is 5.82 Å². The largest absolute Gasteiger partial charge is 0.388 e. The number of halogens is 1. The normalized spacial score (nSPS) is 19.0. The van der Waals surface area contributed by atoms with Crippen molar-refractivity contribution < 1.29 is 9.90 Å². The Bertz CT molecular complexity index is 899. The second kappa shape index (κ2) is 7.60. The van der Waals surface area contributed by atoms with E-state index in [1.165, 1.54) is 0 Å². The van der Waals surface area contributed by atoms with Gasteiger partial charge in [0.15, 0.2) is 0 Å². The zero-order valence-electron chi connectivity index (χ0n) is 15.6. The highest BCUT2D eigenvalue weighted by molar-refractivity contribution is 5.85. The molecule has 0 unspecified atom stereocenters. The molecule has 1 aromatic heterocycles. The van der Waals surface area contributed by atoms with Gasteiger partial charge in [0.2, 0.25) is 5.91 Å². The molecule has 1 aromatic carbocycles. The standard InChI is InChI=1S/C20H25N3O3.ClH/c1-2-17-21-16-6-4-3-5-15(16)19(25)23(17)13-20(26)9-11-22(12-10-20)18(24)14-7-8-14;/h3-6,14,26H,2,7-13H2,1H3;1H. The van der Waals surface area contributed by atoms with E-state index in [2.05, 4.69) is 4.98 Å². The number of carbonyl (C=O) groups excluding carboxylic acids is 1. The van der Waals surface area contributed by atoms with Crippen LogP contribution in [0.15, 0.2) is 29.1 Å². The van der Waals surface area contributed by atoms with Crippen LogP contribution < -0.4 is 5.56 Å². The third kappa shape index (κ3) is 3.87. The summed E-state index contributed by atoms with van der Waals surface area (Å²) in [5.74, 6) is 1.13. The lowest BCUT2D eigenvalue weighted by Crippen LogP contribution is -2.50. The Morgan fingerprint density at radius 1 is 1.26 bits per heavy atom. The van der Waals surface area contributed by atoms with Crippen molar-refractivity contribution in [2.45, 2.75) is 51.2 Å². The van der Waals surface area contributed by atoms with E-state index in [0.717, 1.165) is 12.8 Å². The fourth-order valence-corrected chi connectivity index (χ4v) is 3.83. The van der Waals surface area contributed by atoms with Gasteiger partial charge in [0.05, 0.1) is 23.0 Å². The second-order valence-corrected chi connectivity index (χ2v) is 7.61. The van der Waals surface area contributed by atoms with Gasteiger partial charge in [-0.05, 0) is 37.8 Å². The van der Waals surface area contributed by atoms with Gasteiger partial charge in [-0.1, -0.05) is 19.1 Å². The molecule has 1 saturated heterocycles. The molecule has 1 aliphatic carbocycles. The maximum atomic E-state index is 12.9. The molecule has 27 heavy (non-hydrogen) atoms. The lowest BCUT2D eigenvalue weighted by atomic mass is 9.90. The maximum Gasteiger partial charge on any atom is 0.261 e. The molecule has 0 radical (unpaired) electrons. The third-order valence-corrected chi connectivity index (χ3v) is 5.64. The Balaban J connectivity index is 0.00000210. The van der Waals surface area contributed by atoms with Crippen molar-refractivity contribution in [3.05, 3.63) is 40.4 Å². The van der Waals surface area contributed by atoms with Crippen LogP contribution in [-0.2, 0) is 17.8 Å². The average molecular weight is 392 g/mol. The molecule has 2 heterocycles. The number of amides is 1. The van der Waals surface area contributed by atoms with Gasteiger partial charge < -0.3 is 10.0 Å². The molecule has 1 aliphatic heterocycles. The third-order valence-electron chi connectivity index (χ3n) is 5.64. The first-order valence-corrected chi connectivity index (χ1v) is 9.50. The zero-order valence-corrected chi connectivity index (χ0v) is 16.4. The van der Waals surface area contributed by atoms with E-state index in [1.54, 1.807) is 10.6 Å². The number of aryl methyl sites for hydroxylation is 1. The van der Waals surface area contributed by atoms with Gasteiger partial charge in [0, 0.05) is 25.4 Å². The van der Waals surface area contributed by atoms with E-state index >= 15 is 0 Å². The number of rotatable bonds is 4. The molecular formula is C20H26ClN3O3. The first kappa shape index (κ1) is 19.8. The number of benzene rings is 1. The summed E-state index contributed by atoms with van der Waals surface area (Å²) in [7, 11) is 0. The molecular weight excluding hydrogens is 366 g/mol. The number of likely N-dealkylation sites (tertiary alicyclic amines) is 1. The summed E-state index contributed by atoms with van der Waals surface area (Å²) in [5.41, 5.74) is -0.377. The first-order valence-electron chi connectivity index (χ1n) is 9.50. The number of hydrogen-bond acceptors (Lipinski definition) is 4. The molecule has 146 valence electrons. The fourth-order valence-electron chi connectivity index (χ4n) is 3.83. The summed E-state index contributed by atoms with van der Waals surface area (Å²) in [6.45, 7) is 3.32. The monoisotopic (exact) mass is 391 g/mol. The van der Waals surface area contributed by atoms with Crippen LogP contribution in [0.1, 0.15) is 38.4 Å². The Morgan fingerprint density at radius 2 is 1.93 bits per heavy atom. The quantitative estimate of drug-likeness (QED) is 0.866. The highest BCUT2D eigenvalue weighted by Gasteiger charge is 2.39. The molecule has 0 bridgehead atoms. The summed E-state index contributed by atoms with van der Waals surface area (Å²) >= 11 is 0. The Morgan fingerprint density at radius 3 is 2.56 bits per heavy atom. The van der Waals surface area contributed by atoms with Crippen molar-refractivity contribution in [1.82, 2.24) is 14.5 Å². The topological polar surface area (TPSA) is 75.4 Å². The van der Waals surface area contributed by atoms with Crippen LogP contribution in [-0.4, -0.2) is 44.2 Å². The summed E-state index contributed by atoms with van der Waals surface area (Å²) in [4.78, 5) is 31.6. The predicted octanol–water partition coefficient (Wildman–Crippen LogP) is 2.14. The lowest BCUT2D eigenvalue weighted by Gasteiger charge is -2.38. The van der Waals surface area contributed by atoms with Gasteiger partial charge in [0.25, 0.3) is 5.56 Å². The number of para-hydroxylation sites is 1. The summed E-state index contributed by atoms with van der Waals surface area (Å²) in [5, 5.41) is 11.6. The number of piperidine rings is 1. The minimum absolute atomic E-state index is 0. The highest BCUT2D eigenvalue weighted by Crippen LogP contribution is 2.33. The number of nitrogens with zero attached hydrogens (tertiary/aromatic N) is 3. The van der Waals surface area contributed by atoms with Crippen LogP contribution in [0, 0.1) is 5.92 Å². The van der Waals surface area contributed by atoms with Gasteiger partial charge in [-0.25, -0.2) is 4.98 Å². The number of hydrogen-bond donors (Lipinski definition) is 1. The van der Waals surface area contributed by atoms with Crippen molar-refractivity contribution in [3.63, 3.8) is 0 Å². The minimum Gasteiger partial charge on any atom is -0.388 e. The first-order chi connectivity index (χ1) is 12.5. The molecule has 0 spiro atoms.